The third-order valence-corrected chi connectivity index (χ3v) is 2.69. The number of aliphatic imine (C=N–C) groups is 1. The highest BCUT2D eigenvalue weighted by molar-refractivity contribution is 6.10. The highest BCUT2D eigenvalue weighted by Gasteiger charge is 2.11. The molecule has 18 heavy (non-hydrogen) atoms. The molecule has 2 heteroatoms. The van der Waals surface area contributed by atoms with E-state index in [-0.39, 0.29) is 0 Å². The van der Waals surface area contributed by atoms with Gasteiger partial charge in [0, 0.05) is 24.5 Å². The van der Waals surface area contributed by atoms with Gasteiger partial charge in [-0.15, -0.1) is 0 Å². The van der Waals surface area contributed by atoms with E-state index in [1.807, 2.05) is 65.6 Å². The number of para-hydroxylation sites is 1. The summed E-state index contributed by atoms with van der Waals surface area (Å²) in [4.78, 5) is 6.36. The zero-order valence-electron chi connectivity index (χ0n) is 10.5. The molecule has 90 valence electrons. The second-order valence-electron chi connectivity index (χ2n) is 3.80. The van der Waals surface area contributed by atoms with Gasteiger partial charge in [-0.2, -0.15) is 0 Å². The van der Waals surface area contributed by atoms with E-state index in [0.717, 1.165) is 17.1 Å². The van der Waals surface area contributed by atoms with E-state index in [1.54, 1.807) is 13.2 Å². The molecule has 0 aliphatic heterocycles. The minimum absolute atomic E-state index is 0.886. The van der Waals surface area contributed by atoms with Gasteiger partial charge in [-0.3, -0.25) is 4.99 Å². The van der Waals surface area contributed by atoms with Gasteiger partial charge >= 0.3 is 0 Å². The van der Waals surface area contributed by atoms with Crippen LogP contribution in [0.3, 0.4) is 0 Å². The van der Waals surface area contributed by atoms with Gasteiger partial charge in [0.25, 0.3) is 0 Å². The predicted molar refractivity (Wildman–Crippen MR) is 78.0 cm³/mol. The third-order valence-electron chi connectivity index (χ3n) is 2.69. The van der Waals surface area contributed by atoms with E-state index < -0.39 is 0 Å². The van der Waals surface area contributed by atoms with Crippen molar-refractivity contribution in [3.63, 3.8) is 0 Å². The summed E-state index contributed by atoms with van der Waals surface area (Å²) in [5.41, 5.74) is 2.13. The van der Waals surface area contributed by atoms with Gasteiger partial charge in [0.15, 0.2) is 0 Å². The van der Waals surface area contributed by atoms with Crippen LogP contribution >= 0.6 is 0 Å². The summed E-state index contributed by atoms with van der Waals surface area (Å²) >= 11 is 0. The Bertz CT molecular complexity index is 530. The van der Waals surface area contributed by atoms with Gasteiger partial charge < -0.3 is 4.90 Å². The summed E-state index contributed by atoms with van der Waals surface area (Å²) in [6.07, 6.45) is 1.78. The highest BCUT2D eigenvalue weighted by Crippen LogP contribution is 2.17. The first-order valence-electron chi connectivity index (χ1n) is 5.86. The third kappa shape index (κ3) is 2.48. The average Bonchev–Trinajstić information content (AvgIpc) is 2.46. The summed E-state index contributed by atoms with van der Waals surface area (Å²) in [5.74, 6) is 0.886. The second-order valence-corrected chi connectivity index (χ2v) is 3.80. The molecule has 2 nitrogen and oxygen atoms in total. The number of hydrogen-bond acceptors (Lipinski definition) is 1. The van der Waals surface area contributed by atoms with Crippen LogP contribution in [0.4, 0.5) is 5.69 Å². The van der Waals surface area contributed by atoms with Crippen LogP contribution in [0.2, 0.25) is 0 Å². The number of anilines is 1. The van der Waals surface area contributed by atoms with Crippen molar-refractivity contribution in [3.8, 4) is 0 Å². The second kappa shape index (κ2) is 5.82. The van der Waals surface area contributed by atoms with E-state index in [0.29, 0.717) is 0 Å². The topological polar surface area (TPSA) is 15.6 Å². The van der Waals surface area contributed by atoms with Crippen molar-refractivity contribution in [1.82, 2.24) is 0 Å². The van der Waals surface area contributed by atoms with Crippen LogP contribution in [0.15, 0.2) is 78.4 Å². The van der Waals surface area contributed by atoms with Crippen molar-refractivity contribution in [2.45, 2.75) is 0 Å². The Morgan fingerprint density at radius 1 is 1.00 bits per heavy atom. The lowest BCUT2D eigenvalue weighted by Crippen LogP contribution is -2.25. The van der Waals surface area contributed by atoms with Gasteiger partial charge in [-0.1, -0.05) is 55.1 Å². The number of rotatable bonds is 3. The molecule has 0 N–H and O–H groups in total. The van der Waals surface area contributed by atoms with E-state index in [2.05, 4.69) is 11.6 Å². The maximum absolute atomic E-state index is 4.38. The fourth-order valence-electron chi connectivity index (χ4n) is 1.87. The molecule has 0 fully saturated rings. The smallest absolute Gasteiger partial charge is 0.139 e. The lowest BCUT2D eigenvalue weighted by atomic mass is 10.1. The number of benzene rings is 2. The van der Waals surface area contributed by atoms with Crippen LogP contribution in [-0.2, 0) is 0 Å². The molecule has 0 saturated carbocycles. The van der Waals surface area contributed by atoms with E-state index >= 15 is 0 Å². The fraction of sp³-hybridized carbons (Fsp3) is 0.0625. The van der Waals surface area contributed by atoms with Crippen molar-refractivity contribution in [1.29, 1.82) is 0 Å². The lowest BCUT2D eigenvalue weighted by Gasteiger charge is -2.22. The Morgan fingerprint density at radius 3 is 2.06 bits per heavy atom. The van der Waals surface area contributed by atoms with E-state index in [4.69, 9.17) is 0 Å². The first-order chi connectivity index (χ1) is 8.86. The Balaban J connectivity index is 2.41. The molecule has 0 saturated heterocycles. The van der Waals surface area contributed by atoms with E-state index in [1.165, 1.54) is 0 Å². The molecule has 2 aromatic carbocycles. The summed E-state index contributed by atoms with van der Waals surface area (Å²) in [6.45, 7) is 3.88. The zero-order valence-corrected chi connectivity index (χ0v) is 10.5. The molecule has 0 spiro atoms. The van der Waals surface area contributed by atoms with Crippen LogP contribution in [0.5, 0.6) is 0 Å². The molecule has 0 aliphatic rings. The van der Waals surface area contributed by atoms with Crippen LogP contribution in [0.25, 0.3) is 0 Å². The standard InChI is InChI=1S/C16H16N2/c1-3-18(15-12-8-5-9-13-15)16(17-2)14-10-6-4-7-11-14/h3-13H,1H2,2H3/b17-16+. The monoisotopic (exact) mass is 236 g/mol. The van der Waals surface area contributed by atoms with Crippen LogP contribution in [0, 0.1) is 0 Å². The van der Waals surface area contributed by atoms with E-state index in [9.17, 15) is 0 Å². The predicted octanol–water partition coefficient (Wildman–Crippen LogP) is 3.71. The van der Waals surface area contributed by atoms with Gasteiger partial charge in [0.05, 0.1) is 0 Å². The van der Waals surface area contributed by atoms with Crippen molar-refractivity contribution < 1.29 is 0 Å². The quantitative estimate of drug-likeness (QED) is 0.586. The van der Waals surface area contributed by atoms with Crippen molar-refractivity contribution >= 4 is 11.5 Å². The molecule has 0 amide bonds. The number of nitrogens with zero attached hydrogens (tertiary/aromatic N) is 2. The summed E-state index contributed by atoms with van der Waals surface area (Å²) < 4.78 is 0. The van der Waals surface area contributed by atoms with Gasteiger partial charge in [-0.05, 0) is 12.1 Å². The molecular formula is C16H16N2. The summed E-state index contributed by atoms with van der Waals surface area (Å²) in [6, 6.07) is 20.2. The van der Waals surface area contributed by atoms with Crippen molar-refractivity contribution in [3.05, 3.63) is 79.0 Å². The molecule has 2 aromatic rings. The molecule has 0 heterocycles. The molecule has 0 aromatic heterocycles. The Hall–Kier alpha value is -2.35. The fourth-order valence-corrected chi connectivity index (χ4v) is 1.87. The van der Waals surface area contributed by atoms with Crippen LogP contribution < -0.4 is 4.90 Å². The van der Waals surface area contributed by atoms with Gasteiger partial charge in [0.1, 0.15) is 5.84 Å². The molecule has 2 rings (SSSR count). The lowest BCUT2D eigenvalue weighted by molar-refractivity contribution is 1.29. The Morgan fingerprint density at radius 2 is 1.56 bits per heavy atom. The maximum atomic E-state index is 4.38. The molecule has 0 bridgehead atoms. The van der Waals surface area contributed by atoms with Crippen molar-refractivity contribution in [2.24, 2.45) is 4.99 Å². The van der Waals surface area contributed by atoms with Crippen molar-refractivity contribution in [2.75, 3.05) is 11.9 Å². The van der Waals surface area contributed by atoms with Crippen LogP contribution in [-0.4, -0.2) is 12.9 Å². The van der Waals surface area contributed by atoms with Gasteiger partial charge in [-0.25, -0.2) is 0 Å². The Labute approximate surface area is 108 Å². The van der Waals surface area contributed by atoms with Crippen LogP contribution in [0.1, 0.15) is 5.56 Å². The SMILES string of the molecule is C=CN(/C(=N/C)c1ccccc1)c1ccccc1. The average molecular weight is 236 g/mol. The Kier molecular flexibility index (Phi) is 3.92. The molecule has 0 unspecified atom stereocenters. The normalized spacial score (nSPS) is 11.1. The minimum Gasteiger partial charge on any atom is -0.302 e. The zero-order chi connectivity index (χ0) is 12.8. The molecular weight excluding hydrogens is 220 g/mol. The first kappa shape index (κ1) is 12.1. The van der Waals surface area contributed by atoms with Gasteiger partial charge in [0.2, 0.25) is 0 Å². The summed E-state index contributed by atoms with van der Waals surface area (Å²) in [5, 5.41) is 0. The highest BCUT2D eigenvalue weighted by atomic mass is 15.2. The molecule has 0 aliphatic carbocycles. The maximum Gasteiger partial charge on any atom is 0.139 e. The number of hydrogen-bond donors (Lipinski definition) is 0. The minimum atomic E-state index is 0.886. The first-order valence-corrected chi connectivity index (χ1v) is 5.86. The number of amidine groups is 1. The summed E-state index contributed by atoms with van der Waals surface area (Å²) in [7, 11) is 1.79. The molecule has 0 radical (unpaired) electrons. The largest absolute Gasteiger partial charge is 0.302 e. The molecule has 0 atom stereocenters.